The van der Waals surface area contributed by atoms with Crippen molar-refractivity contribution in [3.63, 3.8) is 0 Å². The van der Waals surface area contributed by atoms with Gasteiger partial charge in [-0.25, -0.2) is 0 Å². The third-order valence-electron chi connectivity index (χ3n) is 5.11. The minimum Gasteiger partial charge on any atom is -0.383 e. The molecule has 0 bridgehead atoms. The molecule has 0 aliphatic carbocycles. The minimum atomic E-state index is 0.286. The van der Waals surface area contributed by atoms with Crippen molar-refractivity contribution in [2.45, 2.75) is 22.8 Å². The standard InChI is InChI=1S/C21H25Cl3N2OS/c1-15(26-9-7-25(8-10-26)11-12-27-2)18-13-16(22)3-6-21(18)28-17-4-5-19(23)20(24)14-17/h3-6,13-15H,7-12H2,1-2H3/t15-/m0/s1. The first-order chi connectivity index (χ1) is 13.5. The average Bonchev–Trinajstić information content (AvgIpc) is 2.70. The molecule has 0 spiro atoms. The van der Waals surface area contributed by atoms with Crippen molar-refractivity contribution in [3.05, 3.63) is 57.0 Å². The van der Waals surface area contributed by atoms with Gasteiger partial charge in [-0.05, 0) is 48.9 Å². The second kappa shape index (κ2) is 10.5. The molecule has 7 heteroatoms. The summed E-state index contributed by atoms with van der Waals surface area (Å²) in [6, 6.07) is 12.2. The van der Waals surface area contributed by atoms with Gasteiger partial charge in [0.2, 0.25) is 0 Å². The lowest BCUT2D eigenvalue weighted by molar-refractivity contribution is 0.0781. The number of benzene rings is 2. The summed E-state index contributed by atoms with van der Waals surface area (Å²) in [4.78, 5) is 7.23. The van der Waals surface area contributed by atoms with Gasteiger partial charge in [-0.2, -0.15) is 0 Å². The van der Waals surface area contributed by atoms with Gasteiger partial charge in [-0.15, -0.1) is 0 Å². The first kappa shape index (κ1) is 22.2. The van der Waals surface area contributed by atoms with Gasteiger partial charge in [0, 0.05) is 60.7 Å². The van der Waals surface area contributed by atoms with Gasteiger partial charge in [0.1, 0.15) is 0 Å². The number of hydrogen-bond donors (Lipinski definition) is 0. The van der Waals surface area contributed by atoms with E-state index in [9.17, 15) is 0 Å². The van der Waals surface area contributed by atoms with Crippen molar-refractivity contribution in [3.8, 4) is 0 Å². The molecule has 1 aliphatic heterocycles. The summed E-state index contributed by atoms with van der Waals surface area (Å²) in [6.07, 6.45) is 0. The van der Waals surface area contributed by atoms with E-state index in [2.05, 4.69) is 28.9 Å². The summed E-state index contributed by atoms with van der Waals surface area (Å²) in [7, 11) is 1.75. The van der Waals surface area contributed by atoms with Crippen molar-refractivity contribution in [2.75, 3.05) is 46.4 Å². The number of ether oxygens (including phenoxy) is 1. The third kappa shape index (κ3) is 5.79. The molecule has 2 aromatic rings. The van der Waals surface area contributed by atoms with Gasteiger partial charge in [-0.1, -0.05) is 46.6 Å². The van der Waals surface area contributed by atoms with E-state index in [-0.39, 0.29) is 6.04 Å². The average molecular weight is 460 g/mol. The molecule has 1 heterocycles. The highest BCUT2D eigenvalue weighted by Gasteiger charge is 2.24. The first-order valence-corrected chi connectivity index (χ1v) is 11.3. The predicted molar refractivity (Wildman–Crippen MR) is 120 cm³/mol. The first-order valence-electron chi connectivity index (χ1n) is 9.35. The third-order valence-corrected chi connectivity index (χ3v) is 7.16. The molecule has 0 aromatic heterocycles. The van der Waals surface area contributed by atoms with Gasteiger partial charge in [0.15, 0.2) is 0 Å². The Hall–Kier alpha value is -0.460. The zero-order chi connectivity index (χ0) is 20.1. The molecule has 0 N–H and O–H groups in total. The van der Waals surface area contributed by atoms with Gasteiger partial charge in [-0.3, -0.25) is 9.80 Å². The summed E-state index contributed by atoms with van der Waals surface area (Å²) in [5, 5.41) is 1.91. The minimum absolute atomic E-state index is 0.286. The molecule has 0 saturated carbocycles. The SMILES string of the molecule is COCCN1CCN([C@@H](C)c2cc(Cl)ccc2Sc2ccc(Cl)c(Cl)c2)CC1. The zero-order valence-corrected chi connectivity index (χ0v) is 19.2. The Bertz CT molecular complexity index is 797. The highest BCUT2D eigenvalue weighted by molar-refractivity contribution is 7.99. The van der Waals surface area contributed by atoms with Crippen LogP contribution in [0.1, 0.15) is 18.5 Å². The lowest BCUT2D eigenvalue weighted by Crippen LogP contribution is -2.47. The smallest absolute Gasteiger partial charge is 0.0603 e. The number of nitrogens with zero attached hydrogens (tertiary/aromatic N) is 2. The topological polar surface area (TPSA) is 15.7 Å². The van der Waals surface area contributed by atoms with Gasteiger partial charge < -0.3 is 4.74 Å². The second-order valence-corrected chi connectivity index (χ2v) is 9.27. The molecule has 0 amide bonds. The molecule has 1 atom stereocenters. The summed E-state index contributed by atoms with van der Waals surface area (Å²) in [5.74, 6) is 0. The lowest BCUT2D eigenvalue weighted by atomic mass is 10.1. The maximum atomic E-state index is 6.34. The molecule has 3 nitrogen and oxygen atoms in total. The molecule has 0 radical (unpaired) electrons. The van der Waals surface area contributed by atoms with E-state index >= 15 is 0 Å². The zero-order valence-electron chi connectivity index (χ0n) is 16.1. The molecule has 0 unspecified atom stereocenters. The number of methoxy groups -OCH3 is 1. The summed E-state index contributed by atoms with van der Waals surface area (Å²) < 4.78 is 5.20. The van der Waals surface area contributed by atoms with Crippen LogP contribution in [0, 0.1) is 0 Å². The van der Waals surface area contributed by atoms with Crippen molar-refractivity contribution < 1.29 is 4.74 Å². The molecule has 1 saturated heterocycles. The van der Waals surface area contributed by atoms with Crippen LogP contribution in [0.15, 0.2) is 46.2 Å². The fourth-order valence-electron chi connectivity index (χ4n) is 3.40. The molecule has 1 aliphatic rings. The largest absolute Gasteiger partial charge is 0.383 e. The van der Waals surface area contributed by atoms with Gasteiger partial charge in [0.25, 0.3) is 0 Å². The Morgan fingerprint density at radius 1 is 1.00 bits per heavy atom. The molecule has 2 aromatic carbocycles. The number of piperazine rings is 1. The Kier molecular flexibility index (Phi) is 8.36. The van der Waals surface area contributed by atoms with E-state index in [1.807, 2.05) is 24.3 Å². The van der Waals surface area contributed by atoms with Crippen LogP contribution in [-0.2, 0) is 4.74 Å². The highest BCUT2D eigenvalue weighted by atomic mass is 35.5. The lowest BCUT2D eigenvalue weighted by Gasteiger charge is -2.38. The summed E-state index contributed by atoms with van der Waals surface area (Å²) in [6.45, 7) is 8.23. The quantitative estimate of drug-likeness (QED) is 0.495. The number of rotatable bonds is 7. The van der Waals surface area contributed by atoms with Crippen LogP contribution in [0.4, 0.5) is 0 Å². The molecular weight excluding hydrogens is 435 g/mol. The van der Waals surface area contributed by atoms with Crippen molar-refractivity contribution in [1.82, 2.24) is 9.80 Å². The van der Waals surface area contributed by atoms with Crippen LogP contribution in [0.25, 0.3) is 0 Å². The van der Waals surface area contributed by atoms with Crippen LogP contribution in [0.2, 0.25) is 15.1 Å². The number of halogens is 3. The molecule has 1 fully saturated rings. The molecule has 28 heavy (non-hydrogen) atoms. The van der Waals surface area contributed by atoms with Crippen molar-refractivity contribution in [2.24, 2.45) is 0 Å². The summed E-state index contributed by atoms with van der Waals surface area (Å²) >= 11 is 20.3. The molecule has 152 valence electrons. The van der Waals surface area contributed by atoms with Crippen molar-refractivity contribution >= 4 is 46.6 Å². The summed E-state index contributed by atoms with van der Waals surface area (Å²) in [5.41, 5.74) is 1.24. The van der Waals surface area contributed by atoms with E-state index in [4.69, 9.17) is 39.5 Å². The number of hydrogen-bond acceptors (Lipinski definition) is 4. The van der Waals surface area contributed by atoms with E-state index < -0.39 is 0 Å². The molecular formula is C21H25Cl3N2OS. The highest BCUT2D eigenvalue weighted by Crippen LogP contribution is 2.38. The van der Waals surface area contributed by atoms with Crippen molar-refractivity contribution in [1.29, 1.82) is 0 Å². The maximum absolute atomic E-state index is 6.34. The Labute approximate surface area is 186 Å². The second-order valence-electron chi connectivity index (χ2n) is 6.91. The predicted octanol–water partition coefficient (Wildman–Crippen LogP) is 6.12. The Morgan fingerprint density at radius 2 is 1.75 bits per heavy atom. The fourth-order valence-corrected chi connectivity index (χ4v) is 4.99. The van der Waals surface area contributed by atoms with E-state index in [0.29, 0.717) is 10.0 Å². The van der Waals surface area contributed by atoms with Crippen LogP contribution >= 0.6 is 46.6 Å². The maximum Gasteiger partial charge on any atom is 0.0603 e. The van der Waals surface area contributed by atoms with E-state index in [1.54, 1.807) is 18.9 Å². The van der Waals surface area contributed by atoms with Crippen LogP contribution in [0.3, 0.4) is 0 Å². The Balaban J connectivity index is 1.74. The van der Waals surface area contributed by atoms with Gasteiger partial charge in [0.05, 0.1) is 16.7 Å². The molecule has 3 rings (SSSR count). The van der Waals surface area contributed by atoms with Crippen LogP contribution in [0.5, 0.6) is 0 Å². The monoisotopic (exact) mass is 458 g/mol. The van der Waals surface area contributed by atoms with Crippen LogP contribution in [-0.4, -0.2) is 56.2 Å². The van der Waals surface area contributed by atoms with Gasteiger partial charge >= 0.3 is 0 Å². The van der Waals surface area contributed by atoms with E-state index in [0.717, 1.165) is 49.2 Å². The fraction of sp³-hybridized carbons (Fsp3) is 0.429. The van der Waals surface area contributed by atoms with E-state index in [1.165, 1.54) is 10.5 Å². The Morgan fingerprint density at radius 3 is 2.43 bits per heavy atom. The normalized spacial score (nSPS) is 17.0. The van der Waals surface area contributed by atoms with Crippen LogP contribution < -0.4 is 0 Å².